The van der Waals surface area contributed by atoms with Crippen LogP contribution in [0, 0.1) is 0 Å². The van der Waals surface area contributed by atoms with Gasteiger partial charge in [-0.1, -0.05) is 28.1 Å². The van der Waals surface area contributed by atoms with E-state index in [9.17, 15) is 0 Å². The van der Waals surface area contributed by atoms with Gasteiger partial charge in [-0.2, -0.15) is 0 Å². The summed E-state index contributed by atoms with van der Waals surface area (Å²) in [5, 5.41) is 3.74. The minimum Gasteiger partial charge on any atom is -0.306 e. The van der Waals surface area contributed by atoms with E-state index in [2.05, 4.69) is 71.2 Å². The third kappa shape index (κ3) is 3.56. The zero-order valence-electron chi connectivity index (χ0n) is 11.5. The molecule has 2 rings (SSSR count). The molecule has 1 aliphatic rings. The lowest BCUT2D eigenvalue weighted by Crippen LogP contribution is -2.36. The van der Waals surface area contributed by atoms with Crippen LogP contribution in [0.4, 0.5) is 0 Å². The lowest BCUT2D eigenvalue weighted by atomic mass is 10.1. The molecule has 1 aromatic carbocycles. The number of hydrogen-bond acceptors (Lipinski definition) is 2. The molecule has 2 nitrogen and oxygen atoms in total. The van der Waals surface area contributed by atoms with Gasteiger partial charge in [-0.3, -0.25) is 4.90 Å². The summed E-state index contributed by atoms with van der Waals surface area (Å²) >= 11 is 3.48. The van der Waals surface area contributed by atoms with E-state index in [-0.39, 0.29) is 0 Å². The van der Waals surface area contributed by atoms with Crippen LogP contribution in [-0.4, -0.2) is 30.1 Å². The smallest absolute Gasteiger partial charge is 0.0294 e. The normalized spacial score (nSPS) is 22.6. The highest BCUT2D eigenvalue weighted by atomic mass is 79.9. The van der Waals surface area contributed by atoms with Gasteiger partial charge in [0.1, 0.15) is 0 Å². The number of nitrogens with one attached hydrogen (secondary N) is 1. The van der Waals surface area contributed by atoms with Crippen LogP contribution in [0.3, 0.4) is 0 Å². The van der Waals surface area contributed by atoms with E-state index in [0.717, 1.165) is 4.47 Å². The monoisotopic (exact) mass is 310 g/mol. The number of rotatable bonds is 4. The van der Waals surface area contributed by atoms with Crippen molar-refractivity contribution >= 4 is 15.9 Å². The van der Waals surface area contributed by atoms with Crippen molar-refractivity contribution in [2.75, 3.05) is 13.1 Å². The Labute approximate surface area is 119 Å². The van der Waals surface area contributed by atoms with Gasteiger partial charge in [-0.15, -0.1) is 0 Å². The van der Waals surface area contributed by atoms with Crippen molar-refractivity contribution in [3.05, 3.63) is 34.3 Å². The van der Waals surface area contributed by atoms with E-state index in [0.29, 0.717) is 18.1 Å². The molecule has 1 heterocycles. The van der Waals surface area contributed by atoms with Gasteiger partial charge in [0.05, 0.1) is 0 Å². The van der Waals surface area contributed by atoms with E-state index in [1.165, 1.54) is 25.1 Å². The molecule has 1 aromatic rings. The summed E-state index contributed by atoms with van der Waals surface area (Å²) in [6.07, 6.45) is 1.26. The van der Waals surface area contributed by atoms with Gasteiger partial charge in [-0.25, -0.2) is 0 Å². The highest BCUT2D eigenvalue weighted by Gasteiger charge is 2.25. The molecule has 3 heteroatoms. The summed E-state index contributed by atoms with van der Waals surface area (Å²) in [5.41, 5.74) is 1.36. The summed E-state index contributed by atoms with van der Waals surface area (Å²) < 4.78 is 1.14. The van der Waals surface area contributed by atoms with Crippen molar-refractivity contribution in [2.45, 2.75) is 45.3 Å². The zero-order valence-corrected chi connectivity index (χ0v) is 13.1. The lowest BCUT2D eigenvalue weighted by Gasteiger charge is -2.23. The first-order valence-corrected chi connectivity index (χ1v) is 7.61. The Bertz CT molecular complexity index is 375. The van der Waals surface area contributed by atoms with Gasteiger partial charge in [0, 0.05) is 29.1 Å². The Morgan fingerprint density at radius 1 is 1.22 bits per heavy atom. The summed E-state index contributed by atoms with van der Waals surface area (Å²) in [4.78, 5) is 2.55. The first-order valence-electron chi connectivity index (χ1n) is 6.82. The van der Waals surface area contributed by atoms with Crippen LogP contribution in [0.15, 0.2) is 28.7 Å². The second-order valence-corrected chi connectivity index (χ2v) is 6.43. The highest BCUT2D eigenvalue weighted by molar-refractivity contribution is 9.10. The fourth-order valence-corrected chi connectivity index (χ4v) is 2.86. The predicted octanol–water partition coefficient (Wildman–Crippen LogP) is 3.58. The van der Waals surface area contributed by atoms with Crippen molar-refractivity contribution in [1.82, 2.24) is 10.2 Å². The lowest BCUT2D eigenvalue weighted by molar-refractivity contribution is 0.266. The average molecular weight is 311 g/mol. The second kappa shape index (κ2) is 6.18. The van der Waals surface area contributed by atoms with Crippen LogP contribution in [-0.2, 0) is 0 Å². The Morgan fingerprint density at radius 3 is 2.44 bits per heavy atom. The van der Waals surface area contributed by atoms with Crippen molar-refractivity contribution in [3.8, 4) is 0 Å². The maximum Gasteiger partial charge on any atom is 0.0294 e. The standard InChI is InChI=1S/C15H23BrN2/c1-11(2)18-9-8-15(10-18)17-12(3)13-4-6-14(16)7-5-13/h4-7,11-12,15,17H,8-10H2,1-3H3. The summed E-state index contributed by atoms with van der Waals surface area (Å²) in [6.45, 7) is 9.21. The molecule has 0 saturated carbocycles. The Hall–Kier alpha value is -0.380. The first kappa shape index (κ1) is 14.0. The van der Waals surface area contributed by atoms with Crippen molar-refractivity contribution < 1.29 is 0 Å². The van der Waals surface area contributed by atoms with Gasteiger partial charge in [0.15, 0.2) is 0 Å². The van der Waals surface area contributed by atoms with Gasteiger partial charge in [0.2, 0.25) is 0 Å². The van der Waals surface area contributed by atoms with Crippen LogP contribution in [0.5, 0.6) is 0 Å². The molecular formula is C15H23BrN2. The molecular weight excluding hydrogens is 288 g/mol. The average Bonchev–Trinajstić information content (AvgIpc) is 2.78. The van der Waals surface area contributed by atoms with Crippen LogP contribution in [0.25, 0.3) is 0 Å². The molecule has 0 aromatic heterocycles. The van der Waals surface area contributed by atoms with Gasteiger partial charge in [0.25, 0.3) is 0 Å². The fraction of sp³-hybridized carbons (Fsp3) is 0.600. The summed E-state index contributed by atoms with van der Waals surface area (Å²) in [6, 6.07) is 10.3. The fourth-order valence-electron chi connectivity index (χ4n) is 2.59. The third-order valence-corrected chi connectivity index (χ3v) is 4.33. The zero-order chi connectivity index (χ0) is 13.1. The Kier molecular flexibility index (Phi) is 4.82. The quantitative estimate of drug-likeness (QED) is 0.914. The number of benzene rings is 1. The first-order chi connectivity index (χ1) is 8.56. The number of likely N-dealkylation sites (tertiary alicyclic amines) is 1. The topological polar surface area (TPSA) is 15.3 Å². The van der Waals surface area contributed by atoms with Gasteiger partial charge >= 0.3 is 0 Å². The maximum absolute atomic E-state index is 3.74. The van der Waals surface area contributed by atoms with Gasteiger partial charge in [-0.05, 0) is 51.4 Å². The van der Waals surface area contributed by atoms with E-state index in [4.69, 9.17) is 0 Å². The molecule has 1 aliphatic heterocycles. The van der Waals surface area contributed by atoms with Crippen LogP contribution >= 0.6 is 15.9 Å². The molecule has 0 amide bonds. The Balaban J connectivity index is 1.88. The minimum absolute atomic E-state index is 0.426. The molecule has 1 saturated heterocycles. The molecule has 0 radical (unpaired) electrons. The molecule has 0 aliphatic carbocycles. The molecule has 18 heavy (non-hydrogen) atoms. The number of hydrogen-bond donors (Lipinski definition) is 1. The summed E-state index contributed by atoms with van der Waals surface area (Å²) in [7, 11) is 0. The van der Waals surface area contributed by atoms with E-state index in [1.807, 2.05) is 0 Å². The van der Waals surface area contributed by atoms with Crippen LogP contribution < -0.4 is 5.32 Å². The molecule has 0 spiro atoms. The third-order valence-electron chi connectivity index (χ3n) is 3.81. The molecule has 2 atom stereocenters. The van der Waals surface area contributed by atoms with Crippen LogP contribution in [0.2, 0.25) is 0 Å². The van der Waals surface area contributed by atoms with E-state index < -0.39 is 0 Å². The molecule has 1 N–H and O–H groups in total. The molecule has 2 unspecified atom stereocenters. The second-order valence-electron chi connectivity index (χ2n) is 5.51. The van der Waals surface area contributed by atoms with Crippen molar-refractivity contribution in [3.63, 3.8) is 0 Å². The maximum atomic E-state index is 3.74. The Morgan fingerprint density at radius 2 is 1.89 bits per heavy atom. The predicted molar refractivity (Wildman–Crippen MR) is 80.8 cm³/mol. The molecule has 1 fully saturated rings. The highest BCUT2D eigenvalue weighted by Crippen LogP contribution is 2.20. The minimum atomic E-state index is 0.426. The SMILES string of the molecule is CC(NC1CCN(C(C)C)C1)c1ccc(Br)cc1. The molecule has 100 valence electrons. The number of halogens is 1. The number of nitrogens with zero attached hydrogens (tertiary/aromatic N) is 1. The van der Waals surface area contributed by atoms with Crippen molar-refractivity contribution in [2.24, 2.45) is 0 Å². The van der Waals surface area contributed by atoms with Crippen molar-refractivity contribution in [1.29, 1.82) is 0 Å². The van der Waals surface area contributed by atoms with E-state index in [1.54, 1.807) is 0 Å². The molecule has 0 bridgehead atoms. The largest absolute Gasteiger partial charge is 0.306 e. The van der Waals surface area contributed by atoms with Crippen LogP contribution in [0.1, 0.15) is 38.8 Å². The van der Waals surface area contributed by atoms with E-state index >= 15 is 0 Å². The van der Waals surface area contributed by atoms with Gasteiger partial charge < -0.3 is 5.32 Å². The summed E-state index contributed by atoms with van der Waals surface area (Å²) in [5.74, 6) is 0.